The van der Waals surface area contributed by atoms with Gasteiger partial charge in [-0.3, -0.25) is 4.28 Å². The number of nitrogens with zero attached hydrogens (tertiary/aromatic N) is 1. The molecule has 4 nitrogen and oxygen atoms in total. The summed E-state index contributed by atoms with van der Waals surface area (Å²) >= 11 is 17.1. The van der Waals surface area contributed by atoms with Crippen molar-refractivity contribution in [3.8, 4) is 0 Å². The topological polar surface area (TPSA) is 55.7 Å². The van der Waals surface area contributed by atoms with Crippen LogP contribution in [-0.2, 0) is 14.4 Å². The van der Waals surface area contributed by atoms with Crippen molar-refractivity contribution in [1.29, 1.82) is 0 Å². The third kappa shape index (κ3) is 4.17. The van der Waals surface area contributed by atoms with Crippen molar-refractivity contribution in [2.45, 2.75) is 0 Å². The van der Waals surface area contributed by atoms with E-state index < -0.39 is 10.1 Å². The lowest BCUT2D eigenvalue weighted by Gasteiger charge is -2.00. The van der Waals surface area contributed by atoms with E-state index >= 15 is 0 Å². The Kier molecular flexibility index (Phi) is 4.43. The molecular formula is C8H6Cl3NO3S. The highest BCUT2D eigenvalue weighted by Gasteiger charge is 2.06. The van der Waals surface area contributed by atoms with Crippen molar-refractivity contribution in [3.63, 3.8) is 0 Å². The van der Waals surface area contributed by atoms with E-state index in [1.807, 2.05) is 0 Å². The predicted molar refractivity (Wildman–Crippen MR) is 64.8 cm³/mol. The summed E-state index contributed by atoms with van der Waals surface area (Å²) in [7, 11) is -3.68. The van der Waals surface area contributed by atoms with Gasteiger partial charge in [-0.05, 0) is 12.1 Å². The molecule has 0 aliphatic rings. The van der Waals surface area contributed by atoms with Crippen LogP contribution in [0.25, 0.3) is 0 Å². The van der Waals surface area contributed by atoms with E-state index in [1.54, 1.807) is 0 Å². The van der Waals surface area contributed by atoms with E-state index in [1.165, 1.54) is 18.2 Å². The van der Waals surface area contributed by atoms with Gasteiger partial charge in [-0.25, -0.2) is 0 Å². The smallest absolute Gasteiger partial charge is 0.267 e. The number of rotatable bonds is 3. The Morgan fingerprint density at radius 1 is 1.31 bits per heavy atom. The molecule has 0 spiro atoms. The van der Waals surface area contributed by atoms with Crippen LogP contribution in [0.2, 0.25) is 10.0 Å². The molecule has 0 unspecified atom stereocenters. The van der Waals surface area contributed by atoms with E-state index in [4.69, 9.17) is 34.8 Å². The number of hydrogen-bond donors (Lipinski definition) is 0. The van der Waals surface area contributed by atoms with E-state index in [0.717, 1.165) is 6.26 Å². The Morgan fingerprint density at radius 3 is 2.44 bits per heavy atom. The minimum absolute atomic E-state index is 0.135. The quantitative estimate of drug-likeness (QED) is 0.637. The third-order valence-corrected chi connectivity index (χ3v) is 2.78. The largest absolute Gasteiger partial charge is 0.325 e. The highest BCUT2D eigenvalue weighted by atomic mass is 35.5. The maximum atomic E-state index is 10.7. The summed E-state index contributed by atoms with van der Waals surface area (Å²) < 4.78 is 25.5. The van der Waals surface area contributed by atoms with Crippen LogP contribution in [-0.4, -0.2) is 19.8 Å². The molecule has 1 rings (SSSR count). The molecule has 16 heavy (non-hydrogen) atoms. The molecule has 0 radical (unpaired) electrons. The van der Waals surface area contributed by atoms with Crippen molar-refractivity contribution in [2.75, 3.05) is 6.26 Å². The van der Waals surface area contributed by atoms with E-state index in [9.17, 15) is 8.42 Å². The molecule has 0 bridgehead atoms. The van der Waals surface area contributed by atoms with Gasteiger partial charge < -0.3 is 0 Å². The Labute approximate surface area is 108 Å². The van der Waals surface area contributed by atoms with Gasteiger partial charge in [-0.1, -0.05) is 46.0 Å². The van der Waals surface area contributed by atoms with E-state index in [0.29, 0.717) is 10.6 Å². The molecule has 88 valence electrons. The van der Waals surface area contributed by atoms with Crippen LogP contribution >= 0.6 is 34.8 Å². The molecule has 0 saturated carbocycles. The molecule has 1 aromatic rings. The van der Waals surface area contributed by atoms with Crippen molar-refractivity contribution < 1.29 is 12.7 Å². The first-order valence-electron chi connectivity index (χ1n) is 3.87. The first kappa shape index (κ1) is 13.6. The Hall–Kier alpha value is -0.490. The van der Waals surface area contributed by atoms with Gasteiger partial charge in [0, 0.05) is 5.56 Å². The maximum Gasteiger partial charge on any atom is 0.325 e. The molecule has 8 heteroatoms. The Balaban J connectivity index is 2.96. The van der Waals surface area contributed by atoms with Gasteiger partial charge in [0.1, 0.15) is 0 Å². The molecule has 0 atom stereocenters. The van der Waals surface area contributed by atoms with Crippen molar-refractivity contribution in [2.24, 2.45) is 5.16 Å². The van der Waals surface area contributed by atoms with Crippen LogP contribution in [0.3, 0.4) is 0 Å². The number of hydrogen-bond acceptors (Lipinski definition) is 4. The maximum absolute atomic E-state index is 10.7. The monoisotopic (exact) mass is 301 g/mol. The summed E-state index contributed by atoms with van der Waals surface area (Å²) in [5.41, 5.74) is 0.403. The molecule has 0 saturated heterocycles. The molecule has 0 aliphatic heterocycles. The number of benzene rings is 1. The van der Waals surface area contributed by atoms with Crippen LogP contribution in [0.15, 0.2) is 23.4 Å². The predicted octanol–water partition coefficient (Wildman–Crippen LogP) is 2.87. The minimum Gasteiger partial charge on any atom is -0.267 e. The van der Waals surface area contributed by atoms with Crippen LogP contribution in [0.4, 0.5) is 0 Å². The molecule has 0 N–H and O–H groups in total. The fraction of sp³-hybridized carbons (Fsp3) is 0.125. The second kappa shape index (κ2) is 5.23. The van der Waals surface area contributed by atoms with Gasteiger partial charge in [0.25, 0.3) is 0 Å². The molecule has 0 heterocycles. The summed E-state index contributed by atoms with van der Waals surface area (Å²) in [4.78, 5) is 0. The van der Waals surface area contributed by atoms with E-state index in [2.05, 4.69) is 9.44 Å². The van der Waals surface area contributed by atoms with Gasteiger partial charge in [-0.2, -0.15) is 8.42 Å². The zero-order chi connectivity index (χ0) is 12.3. The second-order valence-corrected chi connectivity index (χ2v) is 5.52. The van der Waals surface area contributed by atoms with Crippen molar-refractivity contribution in [3.05, 3.63) is 33.8 Å². The highest BCUT2D eigenvalue weighted by molar-refractivity contribution is 7.85. The molecule has 0 aliphatic carbocycles. The lowest BCUT2D eigenvalue weighted by Crippen LogP contribution is -2.00. The lowest BCUT2D eigenvalue weighted by molar-refractivity contribution is 0.344. The van der Waals surface area contributed by atoms with Crippen molar-refractivity contribution >= 4 is 50.1 Å². The molecule has 0 amide bonds. The van der Waals surface area contributed by atoms with Gasteiger partial charge in [0.2, 0.25) is 0 Å². The second-order valence-electron chi connectivity index (χ2n) is 2.79. The van der Waals surface area contributed by atoms with Crippen LogP contribution < -0.4 is 0 Å². The fourth-order valence-corrected chi connectivity index (χ4v) is 1.48. The van der Waals surface area contributed by atoms with Gasteiger partial charge in [-0.15, -0.1) is 0 Å². The molecule has 0 aromatic heterocycles. The standard InChI is InChI=1S/C8H6Cl3NO3S/c1-16(13,14)15-12-8(11)5-2-3-6(9)7(10)4-5/h2-4H,1H3/b12-8-. The third-order valence-electron chi connectivity index (χ3n) is 1.41. The lowest BCUT2D eigenvalue weighted by atomic mass is 10.2. The zero-order valence-corrected chi connectivity index (χ0v) is 11.0. The van der Waals surface area contributed by atoms with Crippen LogP contribution in [0, 0.1) is 0 Å². The number of halogens is 3. The summed E-state index contributed by atoms with van der Waals surface area (Å²) in [6.45, 7) is 0. The highest BCUT2D eigenvalue weighted by Crippen LogP contribution is 2.23. The summed E-state index contributed by atoms with van der Waals surface area (Å²) in [5.74, 6) is 0. The van der Waals surface area contributed by atoms with E-state index in [-0.39, 0.29) is 10.2 Å². The minimum atomic E-state index is -3.68. The molecule has 1 aromatic carbocycles. The Bertz CT molecular complexity index is 527. The molecule has 0 fully saturated rings. The fourth-order valence-electron chi connectivity index (χ4n) is 0.778. The first-order valence-corrected chi connectivity index (χ1v) is 6.82. The van der Waals surface area contributed by atoms with Crippen molar-refractivity contribution in [1.82, 2.24) is 0 Å². The van der Waals surface area contributed by atoms with Gasteiger partial charge in [0.05, 0.1) is 16.3 Å². The van der Waals surface area contributed by atoms with Gasteiger partial charge >= 0.3 is 10.1 Å². The average molecular weight is 303 g/mol. The summed E-state index contributed by atoms with van der Waals surface area (Å²) in [6, 6.07) is 4.49. The SMILES string of the molecule is CS(=O)(=O)O/N=C(\Cl)c1ccc(Cl)c(Cl)c1. The molecular weight excluding hydrogens is 297 g/mol. The summed E-state index contributed by atoms with van der Waals surface area (Å²) in [6.07, 6.45) is 0.857. The van der Waals surface area contributed by atoms with Crippen LogP contribution in [0.5, 0.6) is 0 Å². The average Bonchev–Trinajstić information content (AvgIpc) is 2.17. The van der Waals surface area contributed by atoms with Gasteiger partial charge in [0.15, 0.2) is 5.17 Å². The number of oxime groups is 1. The zero-order valence-electron chi connectivity index (χ0n) is 7.95. The normalized spacial score (nSPS) is 12.6. The summed E-state index contributed by atoms with van der Waals surface area (Å²) in [5, 5.41) is 3.74. The first-order chi connectivity index (χ1) is 7.29. The Morgan fingerprint density at radius 2 is 1.94 bits per heavy atom. The van der Waals surface area contributed by atoms with Crippen LogP contribution in [0.1, 0.15) is 5.56 Å².